The number of thiophene rings is 1. The molecule has 1 aliphatic rings. The lowest BCUT2D eigenvalue weighted by atomic mass is 10.1. The van der Waals surface area contributed by atoms with Gasteiger partial charge in [-0.1, -0.05) is 24.3 Å². The van der Waals surface area contributed by atoms with Gasteiger partial charge in [-0.05, 0) is 23.6 Å². The zero-order valence-electron chi connectivity index (χ0n) is 14.6. The quantitative estimate of drug-likeness (QED) is 0.512. The zero-order valence-corrected chi connectivity index (χ0v) is 15.4. The minimum atomic E-state index is -0.617. The first-order valence-corrected chi connectivity index (χ1v) is 9.61. The Morgan fingerprint density at radius 3 is 2.56 bits per heavy atom. The second-order valence-corrected chi connectivity index (χ2v) is 7.40. The molecule has 1 saturated heterocycles. The van der Waals surface area contributed by atoms with Gasteiger partial charge in [-0.3, -0.25) is 14.5 Å². The molecule has 1 amide bonds. The highest BCUT2D eigenvalue weighted by Crippen LogP contribution is 2.15. The molecule has 0 N–H and O–H groups in total. The summed E-state index contributed by atoms with van der Waals surface area (Å²) in [6.45, 7) is 2.50. The average molecular weight is 382 g/mol. The summed E-state index contributed by atoms with van der Waals surface area (Å²) in [4.78, 5) is 41.6. The molecule has 27 heavy (non-hydrogen) atoms. The number of carbonyl (C=O) groups is 2. The van der Waals surface area contributed by atoms with Crippen molar-refractivity contribution in [1.82, 2.24) is 9.80 Å². The maximum absolute atomic E-state index is 12.8. The third-order valence-electron chi connectivity index (χ3n) is 4.69. The standard InChI is InChI=1S/C20H18N2O4S/c23-16(18-6-3-11-27-18)13-21-7-9-22(10-8-21)19(24)15-12-14-4-1-2-5-17(14)26-20(15)25/h1-6,11-12H,7-10,13H2. The van der Waals surface area contributed by atoms with Crippen LogP contribution in [0, 0.1) is 0 Å². The van der Waals surface area contributed by atoms with E-state index in [1.54, 1.807) is 23.1 Å². The van der Waals surface area contributed by atoms with Crippen molar-refractivity contribution in [2.45, 2.75) is 0 Å². The third kappa shape index (κ3) is 3.70. The molecule has 1 aromatic carbocycles. The van der Waals surface area contributed by atoms with Gasteiger partial charge in [0.1, 0.15) is 11.1 Å². The summed E-state index contributed by atoms with van der Waals surface area (Å²) in [7, 11) is 0. The van der Waals surface area contributed by atoms with Gasteiger partial charge < -0.3 is 9.32 Å². The van der Waals surface area contributed by atoms with Crippen molar-refractivity contribution in [2.75, 3.05) is 32.7 Å². The monoisotopic (exact) mass is 382 g/mol. The third-order valence-corrected chi connectivity index (χ3v) is 5.61. The smallest absolute Gasteiger partial charge is 0.349 e. The van der Waals surface area contributed by atoms with E-state index in [0.717, 1.165) is 10.3 Å². The molecule has 0 bridgehead atoms. The molecule has 7 heteroatoms. The van der Waals surface area contributed by atoms with Gasteiger partial charge in [-0.15, -0.1) is 11.3 Å². The van der Waals surface area contributed by atoms with E-state index in [9.17, 15) is 14.4 Å². The van der Waals surface area contributed by atoms with Gasteiger partial charge in [-0.2, -0.15) is 0 Å². The van der Waals surface area contributed by atoms with Crippen molar-refractivity contribution in [3.8, 4) is 0 Å². The number of para-hydroxylation sites is 1. The maximum Gasteiger partial charge on any atom is 0.349 e. The van der Waals surface area contributed by atoms with E-state index in [-0.39, 0.29) is 17.3 Å². The molecule has 3 aromatic rings. The van der Waals surface area contributed by atoms with Crippen LogP contribution in [0.1, 0.15) is 20.0 Å². The highest BCUT2D eigenvalue weighted by molar-refractivity contribution is 7.12. The van der Waals surface area contributed by atoms with E-state index in [2.05, 4.69) is 0 Å². The number of piperazine rings is 1. The summed E-state index contributed by atoms with van der Waals surface area (Å²) in [5.41, 5.74) is -0.0956. The molecule has 0 saturated carbocycles. The second-order valence-electron chi connectivity index (χ2n) is 6.45. The molecule has 1 aliphatic heterocycles. The highest BCUT2D eigenvalue weighted by Gasteiger charge is 2.26. The van der Waals surface area contributed by atoms with Gasteiger partial charge in [0.25, 0.3) is 5.91 Å². The molecular formula is C20H18N2O4S. The zero-order chi connectivity index (χ0) is 18.8. The first kappa shape index (κ1) is 17.6. The van der Waals surface area contributed by atoms with Crippen LogP contribution in [0.25, 0.3) is 11.0 Å². The Morgan fingerprint density at radius 1 is 1.04 bits per heavy atom. The number of nitrogens with zero attached hydrogens (tertiary/aromatic N) is 2. The van der Waals surface area contributed by atoms with Crippen molar-refractivity contribution in [2.24, 2.45) is 0 Å². The first-order chi connectivity index (χ1) is 13.1. The van der Waals surface area contributed by atoms with Crippen molar-refractivity contribution in [1.29, 1.82) is 0 Å². The van der Waals surface area contributed by atoms with E-state index < -0.39 is 5.63 Å². The maximum atomic E-state index is 12.8. The second kappa shape index (κ2) is 7.46. The topological polar surface area (TPSA) is 70.8 Å². The Hall–Kier alpha value is -2.77. The van der Waals surface area contributed by atoms with Gasteiger partial charge >= 0.3 is 5.63 Å². The number of carbonyl (C=O) groups excluding carboxylic acids is 2. The number of benzene rings is 1. The Labute approximate surface area is 159 Å². The molecule has 6 nitrogen and oxygen atoms in total. The van der Waals surface area contributed by atoms with Crippen LogP contribution in [0.5, 0.6) is 0 Å². The van der Waals surface area contributed by atoms with Gasteiger partial charge in [0, 0.05) is 31.6 Å². The van der Waals surface area contributed by atoms with Crippen molar-refractivity contribution in [3.05, 3.63) is 68.7 Å². The summed E-state index contributed by atoms with van der Waals surface area (Å²) in [6, 6.07) is 12.4. The highest BCUT2D eigenvalue weighted by atomic mass is 32.1. The number of Topliss-reactive ketones (excluding diaryl/α,β-unsaturated/α-hetero) is 1. The van der Waals surface area contributed by atoms with Gasteiger partial charge in [0.05, 0.1) is 11.4 Å². The number of ketones is 1. The summed E-state index contributed by atoms with van der Waals surface area (Å²) in [5, 5.41) is 2.61. The molecule has 0 unspecified atom stereocenters. The average Bonchev–Trinajstić information content (AvgIpc) is 3.22. The lowest BCUT2D eigenvalue weighted by Crippen LogP contribution is -2.50. The van der Waals surface area contributed by atoms with Crippen molar-refractivity contribution < 1.29 is 14.0 Å². The Balaban J connectivity index is 1.42. The Morgan fingerprint density at radius 2 is 1.81 bits per heavy atom. The molecule has 138 valence electrons. The molecular weight excluding hydrogens is 364 g/mol. The largest absolute Gasteiger partial charge is 0.422 e. The van der Waals surface area contributed by atoms with Crippen molar-refractivity contribution >= 4 is 34.0 Å². The molecule has 0 spiro atoms. The Bertz CT molecular complexity index is 1030. The predicted octanol–water partition coefficient (Wildman–Crippen LogP) is 2.50. The lowest BCUT2D eigenvalue weighted by molar-refractivity contribution is 0.0621. The molecule has 0 radical (unpaired) electrons. The fourth-order valence-electron chi connectivity index (χ4n) is 3.21. The van der Waals surface area contributed by atoms with Crippen molar-refractivity contribution in [3.63, 3.8) is 0 Å². The molecule has 4 rings (SSSR count). The minimum Gasteiger partial charge on any atom is -0.422 e. The van der Waals surface area contributed by atoms with Crippen LogP contribution in [0.15, 0.2) is 57.1 Å². The van der Waals surface area contributed by atoms with E-state index in [1.807, 2.05) is 34.5 Å². The SMILES string of the molecule is O=C(CN1CCN(C(=O)c2cc3ccccc3oc2=O)CC1)c1cccs1. The minimum absolute atomic E-state index is 0.0526. The number of rotatable bonds is 4. The number of hydrogen-bond acceptors (Lipinski definition) is 6. The van der Waals surface area contributed by atoms with Crippen LogP contribution >= 0.6 is 11.3 Å². The molecule has 0 aliphatic carbocycles. The molecule has 0 atom stereocenters. The number of hydrogen-bond donors (Lipinski definition) is 0. The fraction of sp³-hybridized carbons (Fsp3) is 0.250. The first-order valence-electron chi connectivity index (χ1n) is 8.73. The fourth-order valence-corrected chi connectivity index (χ4v) is 3.87. The molecule has 3 heterocycles. The molecule has 2 aromatic heterocycles. The lowest BCUT2D eigenvalue weighted by Gasteiger charge is -2.34. The Kier molecular flexibility index (Phi) is 4.87. The van der Waals surface area contributed by atoms with Crippen LogP contribution < -0.4 is 5.63 Å². The van der Waals surface area contributed by atoms with Crippen LogP contribution in [0.2, 0.25) is 0 Å². The number of fused-ring (bicyclic) bond motifs is 1. The van der Waals surface area contributed by atoms with E-state index in [1.165, 1.54) is 11.3 Å². The van der Waals surface area contributed by atoms with Gasteiger partial charge in [0.15, 0.2) is 5.78 Å². The van der Waals surface area contributed by atoms with Crippen LogP contribution in [0.3, 0.4) is 0 Å². The van der Waals surface area contributed by atoms with Crippen LogP contribution in [0.4, 0.5) is 0 Å². The number of amides is 1. The van der Waals surface area contributed by atoms with E-state index in [0.29, 0.717) is 38.3 Å². The predicted molar refractivity (Wildman–Crippen MR) is 103 cm³/mol. The van der Waals surface area contributed by atoms with Gasteiger partial charge in [-0.25, -0.2) is 4.79 Å². The van der Waals surface area contributed by atoms with E-state index in [4.69, 9.17) is 4.42 Å². The van der Waals surface area contributed by atoms with Crippen LogP contribution in [-0.2, 0) is 0 Å². The summed E-state index contributed by atoms with van der Waals surface area (Å²) in [5.74, 6) is -0.223. The summed E-state index contributed by atoms with van der Waals surface area (Å²) >= 11 is 1.44. The van der Waals surface area contributed by atoms with E-state index >= 15 is 0 Å². The summed E-state index contributed by atoms with van der Waals surface area (Å²) in [6.07, 6.45) is 0. The van der Waals surface area contributed by atoms with Gasteiger partial charge in [0.2, 0.25) is 0 Å². The summed E-state index contributed by atoms with van der Waals surface area (Å²) < 4.78 is 5.26. The molecule has 1 fully saturated rings. The van der Waals surface area contributed by atoms with Crippen LogP contribution in [-0.4, -0.2) is 54.2 Å². The normalized spacial score (nSPS) is 15.2.